The van der Waals surface area contributed by atoms with Gasteiger partial charge in [-0.3, -0.25) is 4.55 Å². The van der Waals surface area contributed by atoms with Gasteiger partial charge in [0.05, 0.1) is 27.7 Å². The standard InChI is InChI=1S/2C35H30N2O4S.C10H18N2O2S.2C2H6.2CH4.O2S/c2*1-21-9-7-10-22(2)34(21)36-25-15-17-27-30(19-25)41-31-20-26(37-35-23(3)11-8-12-24(35)4)16-18-28(31)33(27)29-13-5-6-14-32(29)42(38,39)40;1-12-7-9-3-5-10(6-4-9)8-15(2,11,13)14;2*1-2;;;1-3-2/h2*5-20,36H,1-4H3,(H,38,39,40);3-6,12H,7-8H2,1-2H3,(H3,11,13,14);2*1-2H3;2*1H4;. The van der Waals surface area contributed by atoms with Crippen LogP contribution in [0.5, 0.6) is 0 Å². The van der Waals surface area contributed by atoms with Crippen LogP contribution in [0.15, 0.2) is 237 Å². The van der Waals surface area contributed by atoms with Gasteiger partial charge in [-0.05, 0) is 144 Å². The first-order chi connectivity index (χ1) is 50.4. The predicted molar refractivity (Wildman–Crippen MR) is 439 cm³/mol. The Hall–Kier alpha value is -10.4. The molecule has 0 saturated carbocycles. The Balaban J connectivity index is 0.000000262. The SMILES string of the molecule is C.C.CC.CC.CNCc1ccc(CS(C)(N)(=O)O)cc1.Cc1cccc(C)c1Nc1ccc2c(-c3ccccc3S(=O)(=O)[O-])c3ccc(=[NH+]c4c(C)cccc4C)cc-3oc2c1.Cc1cccc(C)c1Nc1ccc2c(-c3ccccc3S(=O)(=O)[O-])c3ccc(=[NH+]c4c(C)cccc4C)cc-3oc2c1.O=S=O. The van der Waals surface area contributed by atoms with Gasteiger partial charge in [0.25, 0.3) is 0 Å². The maximum absolute atomic E-state index is 12.3. The summed E-state index contributed by atoms with van der Waals surface area (Å²) in [4.78, 5) is 6.49. The van der Waals surface area contributed by atoms with Crippen LogP contribution in [-0.2, 0) is 53.6 Å². The molecule has 0 bridgehead atoms. The molecule has 0 amide bonds. The van der Waals surface area contributed by atoms with Gasteiger partial charge in [-0.25, -0.2) is 32.0 Å². The number of hydrogen-bond donors (Lipinski definition) is 7. The van der Waals surface area contributed by atoms with Crippen LogP contribution in [0.3, 0.4) is 0 Å². The number of hydrogen-bond acceptors (Lipinski definition) is 14. The lowest BCUT2D eigenvalue weighted by Gasteiger charge is -2.33. The van der Waals surface area contributed by atoms with Crippen molar-refractivity contribution in [3.8, 4) is 44.9 Å². The second kappa shape index (κ2) is 37.4. The molecular weight excluding hydrogens is 1440 g/mol. The van der Waals surface area contributed by atoms with Crippen molar-refractivity contribution < 1.29 is 61.9 Å². The molecule has 22 heteroatoms. The molecular formula is C86H98N6O12S4. The van der Waals surface area contributed by atoms with E-state index in [0.717, 1.165) is 107 Å². The molecule has 108 heavy (non-hydrogen) atoms. The third-order valence-corrected chi connectivity index (χ3v) is 20.0. The highest BCUT2D eigenvalue weighted by atomic mass is 32.3. The van der Waals surface area contributed by atoms with Gasteiger partial charge in [-0.1, -0.05) is 176 Å². The van der Waals surface area contributed by atoms with E-state index in [2.05, 4.69) is 130 Å². The summed E-state index contributed by atoms with van der Waals surface area (Å²) in [5, 5.41) is 18.4. The van der Waals surface area contributed by atoms with E-state index in [-0.39, 0.29) is 30.4 Å². The van der Waals surface area contributed by atoms with E-state index >= 15 is 0 Å². The van der Waals surface area contributed by atoms with Crippen LogP contribution >= 0.6 is 0 Å². The van der Waals surface area contributed by atoms with Crippen molar-refractivity contribution in [2.75, 3.05) is 23.9 Å². The second-order valence-corrected chi connectivity index (χ2v) is 31.6. The van der Waals surface area contributed by atoms with Gasteiger partial charge >= 0.3 is 11.6 Å². The highest BCUT2D eigenvalue weighted by Gasteiger charge is 2.25. The van der Waals surface area contributed by atoms with E-state index in [0.29, 0.717) is 66.8 Å². The fourth-order valence-electron chi connectivity index (χ4n) is 12.4. The number of aryl methyl sites for hydroxylation is 8. The predicted octanol–water partition coefficient (Wildman–Crippen LogP) is 16.2. The van der Waals surface area contributed by atoms with Crippen LogP contribution in [0.1, 0.15) is 98.2 Å². The van der Waals surface area contributed by atoms with E-state index < -0.39 is 41.3 Å². The summed E-state index contributed by atoms with van der Waals surface area (Å²) in [5.74, 6) is 1.10. The van der Waals surface area contributed by atoms with Crippen molar-refractivity contribution in [2.45, 2.75) is 120 Å². The lowest BCUT2D eigenvalue weighted by molar-refractivity contribution is -0.404. The monoisotopic (exact) mass is 1530 g/mol. The molecule has 0 radical (unpaired) electrons. The van der Waals surface area contributed by atoms with Crippen LogP contribution < -0.4 is 41.8 Å². The van der Waals surface area contributed by atoms with Crippen LogP contribution in [0.4, 0.5) is 34.1 Å². The first-order valence-corrected chi connectivity index (χ1v) is 40.4. The molecule has 0 saturated heterocycles. The van der Waals surface area contributed by atoms with Crippen molar-refractivity contribution in [1.29, 1.82) is 0 Å². The summed E-state index contributed by atoms with van der Waals surface area (Å²) in [6, 6.07) is 67.6. The van der Waals surface area contributed by atoms with Gasteiger partial charge in [-0.15, -0.1) is 9.53 Å². The zero-order chi connectivity index (χ0) is 77.4. The minimum atomic E-state index is -4.74. The third kappa shape index (κ3) is 21.7. The Morgan fingerprint density at radius 3 is 1.10 bits per heavy atom. The molecule has 0 spiro atoms. The molecule has 2 aliphatic carbocycles. The zero-order valence-electron chi connectivity index (χ0n) is 61.8. The molecule has 18 nitrogen and oxygen atoms in total. The van der Waals surface area contributed by atoms with E-state index in [9.17, 15) is 34.7 Å². The van der Waals surface area contributed by atoms with Gasteiger partial charge in [0.2, 0.25) is 22.1 Å². The summed E-state index contributed by atoms with van der Waals surface area (Å²) < 4.78 is 125. The molecule has 0 aromatic heterocycles. The Labute approximate surface area is 639 Å². The topological polar surface area (TPSA) is 302 Å². The summed E-state index contributed by atoms with van der Waals surface area (Å²) in [6.45, 7) is 25.2. The summed E-state index contributed by atoms with van der Waals surface area (Å²) in [5.41, 5.74) is 20.9. The molecule has 4 aliphatic rings. The average Bonchev–Trinajstić information content (AvgIpc) is 0.748. The molecule has 9 aromatic carbocycles. The first kappa shape index (κ1) is 86.5. The Morgan fingerprint density at radius 2 is 0.778 bits per heavy atom. The van der Waals surface area contributed by atoms with Gasteiger partial charge in [-0.2, -0.15) is 12.6 Å². The summed E-state index contributed by atoms with van der Waals surface area (Å²) >= 11 is -0.750. The molecule has 0 atom stereocenters. The van der Waals surface area contributed by atoms with Crippen LogP contribution in [0, 0.1) is 55.4 Å². The van der Waals surface area contributed by atoms with E-state index in [1.807, 2.05) is 156 Å². The molecule has 8 N–H and O–H groups in total. The molecule has 568 valence electrons. The van der Waals surface area contributed by atoms with Crippen molar-refractivity contribution >= 4 is 97.4 Å². The Morgan fingerprint density at radius 1 is 0.454 bits per heavy atom. The normalized spacial score (nSPS) is 11.8. The van der Waals surface area contributed by atoms with E-state index in [1.165, 1.54) is 18.4 Å². The average molecular weight is 1540 g/mol. The molecule has 13 rings (SSSR count). The summed E-state index contributed by atoms with van der Waals surface area (Å²) in [7, 11) is -11.5. The van der Waals surface area contributed by atoms with Gasteiger partial charge in [0.15, 0.2) is 0 Å². The van der Waals surface area contributed by atoms with Crippen LogP contribution in [0.2, 0.25) is 0 Å². The number of fused-ring (bicyclic) bond motifs is 4. The van der Waals surface area contributed by atoms with Gasteiger partial charge in [0, 0.05) is 126 Å². The Kier molecular flexibility index (Phi) is 30.0. The number of benzene rings is 11. The van der Waals surface area contributed by atoms with Gasteiger partial charge in [0.1, 0.15) is 42.9 Å². The quantitative estimate of drug-likeness (QED) is 0.0393. The van der Waals surface area contributed by atoms with Crippen molar-refractivity contribution in [3.05, 3.63) is 285 Å². The maximum atomic E-state index is 12.3. The highest BCUT2D eigenvalue weighted by Crippen LogP contribution is 2.45. The number of anilines is 4. The molecule has 9 aromatic rings. The smallest absolute Gasteiger partial charge is 0.335 e. The highest BCUT2D eigenvalue weighted by molar-refractivity contribution is 8.11. The lowest BCUT2D eigenvalue weighted by Crippen LogP contribution is -2.71. The molecule has 0 fully saturated rings. The zero-order valence-corrected chi connectivity index (χ0v) is 65.1. The molecule has 2 heterocycles. The molecule has 0 unspecified atom stereocenters. The molecule has 2 aliphatic heterocycles. The van der Waals surface area contributed by atoms with E-state index in [1.54, 1.807) is 36.4 Å². The third-order valence-electron chi connectivity index (χ3n) is 17.2. The number of nitrogens with two attached hydrogens (primary N) is 1. The largest absolute Gasteiger partial charge is 0.744 e. The fraction of sp³-hybridized carbons (Fsp3) is 0.209. The van der Waals surface area contributed by atoms with E-state index in [4.69, 9.17) is 22.4 Å². The summed E-state index contributed by atoms with van der Waals surface area (Å²) in [6.07, 6.45) is 1.18. The van der Waals surface area contributed by atoms with Crippen molar-refractivity contribution in [1.82, 2.24) is 5.32 Å². The minimum Gasteiger partial charge on any atom is -0.744 e. The van der Waals surface area contributed by atoms with Crippen molar-refractivity contribution in [3.63, 3.8) is 0 Å². The maximum Gasteiger partial charge on any atom is 0.335 e. The number of rotatable bonds is 14. The van der Waals surface area contributed by atoms with Crippen LogP contribution in [-0.4, -0.2) is 56.4 Å². The number of para-hydroxylation sites is 4. The minimum absolute atomic E-state index is 0. The first-order valence-electron chi connectivity index (χ1n) is 34.3. The lowest BCUT2D eigenvalue weighted by atomic mass is 9.93. The number of nitrogens with one attached hydrogen (secondary N) is 5. The Bertz CT molecular complexity index is 5380. The van der Waals surface area contributed by atoms with Gasteiger partial charge < -0.3 is 33.9 Å². The van der Waals surface area contributed by atoms with Crippen molar-refractivity contribution in [2.24, 2.45) is 5.14 Å². The van der Waals surface area contributed by atoms with Crippen LogP contribution in [0.25, 0.3) is 66.8 Å². The second-order valence-electron chi connectivity index (χ2n) is 25.4. The fourth-order valence-corrected chi connectivity index (χ4v) is 14.8.